The number of ketones is 1. The minimum Gasteiger partial charge on any atom is -0.504 e. The number of anilines is 2. The highest BCUT2D eigenvalue weighted by atomic mass is 16.5. The van der Waals surface area contributed by atoms with E-state index in [1.807, 2.05) is 55.5 Å². The lowest BCUT2D eigenvalue weighted by Gasteiger charge is -2.30. The number of carbonyl (C=O) groups excluding carboxylic acids is 1. The van der Waals surface area contributed by atoms with Crippen molar-refractivity contribution in [3.63, 3.8) is 0 Å². The van der Waals surface area contributed by atoms with Crippen LogP contribution >= 0.6 is 0 Å². The Morgan fingerprint density at radius 3 is 2.33 bits per heavy atom. The van der Waals surface area contributed by atoms with Gasteiger partial charge in [-0.15, -0.1) is 0 Å². The van der Waals surface area contributed by atoms with E-state index in [1.165, 1.54) is 7.11 Å². The van der Waals surface area contributed by atoms with Crippen molar-refractivity contribution in [2.45, 2.75) is 31.7 Å². The van der Waals surface area contributed by atoms with Gasteiger partial charge >= 0.3 is 0 Å². The first-order chi connectivity index (χ1) is 17.5. The van der Waals surface area contributed by atoms with Crippen LogP contribution in [0, 0.1) is 0 Å². The van der Waals surface area contributed by atoms with Crippen molar-refractivity contribution in [2.75, 3.05) is 31.5 Å². The summed E-state index contributed by atoms with van der Waals surface area (Å²) in [6, 6.07) is 18.6. The molecule has 0 bridgehead atoms. The highest BCUT2D eigenvalue weighted by Gasteiger charge is 2.36. The van der Waals surface area contributed by atoms with Gasteiger partial charge in [-0.2, -0.15) is 0 Å². The number of aromatic hydroxyl groups is 1. The van der Waals surface area contributed by atoms with E-state index in [2.05, 4.69) is 10.6 Å². The van der Waals surface area contributed by atoms with Gasteiger partial charge < -0.3 is 30.0 Å². The molecule has 0 spiro atoms. The molecule has 186 valence electrons. The summed E-state index contributed by atoms with van der Waals surface area (Å²) in [6.07, 6.45) is 1.03. The van der Waals surface area contributed by atoms with E-state index in [0.717, 1.165) is 28.2 Å². The molecular formula is C29H30N2O5. The Labute approximate surface area is 210 Å². The first kappa shape index (κ1) is 23.6. The lowest BCUT2D eigenvalue weighted by molar-refractivity contribution is -0.116. The van der Waals surface area contributed by atoms with Crippen LogP contribution in [0.5, 0.6) is 23.0 Å². The van der Waals surface area contributed by atoms with Crippen LogP contribution < -0.4 is 24.8 Å². The first-order valence-corrected chi connectivity index (χ1v) is 12.1. The number of fused-ring (bicyclic) bond motifs is 1. The predicted molar refractivity (Wildman–Crippen MR) is 139 cm³/mol. The second-order valence-electron chi connectivity index (χ2n) is 8.94. The normalized spacial score (nSPS) is 18.8. The lowest BCUT2D eigenvalue weighted by atomic mass is 9.78. The van der Waals surface area contributed by atoms with Crippen LogP contribution in [0.3, 0.4) is 0 Å². The van der Waals surface area contributed by atoms with E-state index in [9.17, 15) is 9.90 Å². The number of ether oxygens (including phenoxy) is 3. The number of allylic oxidation sites excluding steroid dienone is 1. The second-order valence-corrected chi connectivity index (χ2v) is 8.94. The van der Waals surface area contributed by atoms with Gasteiger partial charge in [-0.25, -0.2) is 0 Å². The van der Waals surface area contributed by atoms with Crippen molar-refractivity contribution in [2.24, 2.45) is 0 Å². The van der Waals surface area contributed by atoms with Gasteiger partial charge in [-0.1, -0.05) is 24.3 Å². The number of phenolic OH excluding ortho intramolecular Hbond substituents is 1. The molecule has 2 unspecified atom stereocenters. The van der Waals surface area contributed by atoms with Gasteiger partial charge in [0, 0.05) is 17.7 Å². The third-order valence-electron chi connectivity index (χ3n) is 6.80. The van der Waals surface area contributed by atoms with Crippen LogP contribution in [0.1, 0.15) is 42.9 Å². The van der Waals surface area contributed by atoms with Crippen molar-refractivity contribution in [1.82, 2.24) is 0 Å². The number of hydrogen-bond donors (Lipinski definition) is 3. The minimum atomic E-state index is -0.420. The largest absolute Gasteiger partial charge is 0.504 e. The highest BCUT2D eigenvalue weighted by molar-refractivity contribution is 6.01. The fraction of sp³-hybridized carbons (Fsp3) is 0.276. The number of methoxy groups -OCH3 is 2. The molecule has 36 heavy (non-hydrogen) atoms. The molecule has 7 heteroatoms. The van der Waals surface area contributed by atoms with E-state index < -0.39 is 6.04 Å². The number of hydrogen-bond acceptors (Lipinski definition) is 7. The number of para-hydroxylation sites is 2. The van der Waals surface area contributed by atoms with Crippen molar-refractivity contribution in [1.29, 1.82) is 0 Å². The zero-order valence-electron chi connectivity index (χ0n) is 20.6. The Kier molecular flexibility index (Phi) is 6.46. The van der Waals surface area contributed by atoms with Gasteiger partial charge in [-0.3, -0.25) is 4.79 Å². The quantitative estimate of drug-likeness (QED) is 0.406. The summed E-state index contributed by atoms with van der Waals surface area (Å²) >= 11 is 0. The molecule has 0 radical (unpaired) electrons. The molecule has 0 saturated heterocycles. The summed E-state index contributed by atoms with van der Waals surface area (Å²) in [7, 11) is 3.14. The SMILES string of the molecule is CCOc1ccc(C2CC(=O)C3=C(C2)Nc2ccccc2NC3c2ccc(OC)c(O)c2)cc1OC. The molecule has 2 atom stereocenters. The average molecular weight is 487 g/mol. The Morgan fingerprint density at radius 1 is 0.889 bits per heavy atom. The fourth-order valence-corrected chi connectivity index (χ4v) is 5.08. The number of benzene rings is 3. The predicted octanol–water partition coefficient (Wildman–Crippen LogP) is 5.79. The number of rotatable bonds is 6. The van der Waals surface area contributed by atoms with Gasteiger partial charge in [0.15, 0.2) is 28.8 Å². The van der Waals surface area contributed by atoms with Crippen LogP contribution in [-0.4, -0.2) is 31.7 Å². The van der Waals surface area contributed by atoms with E-state index in [1.54, 1.807) is 19.2 Å². The maximum Gasteiger partial charge on any atom is 0.163 e. The van der Waals surface area contributed by atoms with Crippen molar-refractivity contribution in [3.05, 3.63) is 83.1 Å². The Hall–Kier alpha value is -4.13. The monoisotopic (exact) mass is 486 g/mol. The third kappa shape index (κ3) is 4.33. The minimum absolute atomic E-state index is 0.0106. The molecule has 1 heterocycles. The molecule has 1 aliphatic heterocycles. The van der Waals surface area contributed by atoms with Crippen LogP contribution in [0.2, 0.25) is 0 Å². The summed E-state index contributed by atoms with van der Waals surface area (Å²) in [4.78, 5) is 13.8. The molecule has 3 aromatic rings. The molecule has 0 aromatic heterocycles. The molecule has 0 fully saturated rings. The van der Waals surface area contributed by atoms with Gasteiger partial charge in [-0.05, 0) is 66.8 Å². The molecule has 5 rings (SSSR count). The molecule has 3 aromatic carbocycles. The standard InChI is InChI=1S/C29H30N2O5/c1-4-36-26-12-9-17(16-27(26)35-3)19-13-22-28(24(33)15-19)29(18-10-11-25(34-2)23(32)14-18)31-21-8-6-5-7-20(21)30-22/h5-12,14,16,19,29-32H,4,13,15H2,1-3H3. The van der Waals surface area contributed by atoms with Gasteiger partial charge in [0.1, 0.15) is 0 Å². The summed E-state index contributed by atoms with van der Waals surface area (Å²) in [6.45, 7) is 2.48. The molecule has 1 aliphatic carbocycles. The Balaban J connectivity index is 1.56. The van der Waals surface area contributed by atoms with Crippen molar-refractivity contribution in [3.8, 4) is 23.0 Å². The van der Waals surface area contributed by atoms with E-state index >= 15 is 0 Å². The summed E-state index contributed by atoms with van der Waals surface area (Å²) in [5, 5.41) is 17.5. The zero-order chi connectivity index (χ0) is 25.2. The first-order valence-electron chi connectivity index (χ1n) is 12.1. The third-order valence-corrected chi connectivity index (χ3v) is 6.80. The van der Waals surface area contributed by atoms with E-state index in [0.29, 0.717) is 42.3 Å². The molecule has 3 N–H and O–H groups in total. The lowest BCUT2D eigenvalue weighted by Crippen LogP contribution is -2.26. The van der Waals surface area contributed by atoms with Crippen LogP contribution in [0.15, 0.2) is 71.9 Å². The molecule has 0 amide bonds. The number of nitrogens with one attached hydrogen (secondary N) is 2. The van der Waals surface area contributed by atoms with E-state index in [4.69, 9.17) is 14.2 Å². The van der Waals surface area contributed by atoms with Gasteiger partial charge in [0.25, 0.3) is 0 Å². The fourth-order valence-electron chi connectivity index (χ4n) is 5.08. The van der Waals surface area contributed by atoms with Crippen LogP contribution in [-0.2, 0) is 4.79 Å². The smallest absolute Gasteiger partial charge is 0.163 e. The number of phenols is 1. The molecule has 0 saturated carbocycles. The Morgan fingerprint density at radius 2 is 1.61 bits per heavy atom. The van der Waals surface area contributed by atoms with Gasteiger partial charge in [0.05, 0.1) is 38.2 Å². The van der Waals surface area contributed by atoms with Crippen molar-refractivity contribution < 1.29 is 24.1 Å². The number of Topliss-reactive ketones (excluding diaryl/α,β-unsaturated/α-hetero) is 1. The topological polar surface area (TPSA) is 89.1 Å². The zero-order valence-corrected chi connectivity index (χ0v) is 20.6. The summed E-state index contributed by atoms with van der Waals surface area (Å²) in [5.41, 5.74) is 5.17. The van der Waals surface area contributed by atoms with Crippen LogP contribution in [0.25, 0.3) is 0 Å². The Bertz CT molecular complexity index is 1330. The molecule has 7 nitrogen and oxygen atoms in total. The van der Waals surface area contributed by atoms with Crippen LogP contribution in [0.4, 0.5) is 11.4 Å². The van der Waals surface area contributed by atoms with E-state index in [-0.39, 0.29) is 17.5 Å². The second kappa shape index (κ2) is 9.85. The molecule has 2 aliphatic rings. The maximum atomic E-state index is 13.8. The van der Waals surface area contributed by atoms with Crippen molar-refractivity contribution >= 4 is 17.2 Å². The average Bonchev–Trinajstić information content (AvgIpc) is 3.06. The van der Waals surface area contributed by atoms with Gasteiger partial charge in [0.2, 0.25) is 0 Å². The maximum absolute atomic E-state index is 13.8. The highest BCUT2D eigenvalue weighted by Crippen LogP contribution is 2.46. The summed E-state index contributed by atoms with van der Waals surface area (Å²) in [5.74, 6) is 1.82. The summed E-state index contributed by atoms with van der Waals surface area (Å²) < 4.78 is 16.4. The molecular weight excluding hydrogens is 456 g/mol. The number of carbonyl (C=O) groups is 1.